The molecule has 0 unspecified atom stereocenters. The number of imide groups is 1. The number of carbonyl (C=O) groups excluding carboxylic acids is 3. The van der Waals surface area contributed by atoms with Crippen LogP contribution >= 0.6 is 0 Å². The minimum atomic E-state index is -0.588. The van der Waals surface area contributed by atoms with Crippen LogP contribution in [0.15, 0.2) is 24.3 Å². The molecule has 1 fully saturated rings. The van der Waals surface area contributed by atoms with Crippen LogP contribution in [0.1, 0.15) is 53.3 Å². The highest BCUT2D eigenvalue weighted by Crippen LogP contribution is 2.39. The van der Waals surface area contributed by atoms with Gasteiger partial charge in [-0.2, -0.15) is 0 Å². The van der Waals surface area contributed by atoms with Crippen LogP contribution in [0.3, 0.4) is 0 Å². The van der Waals surface area contributed by atoms with Gasteiger partial charge in [0.2, 0.25) is 0 Å². The first-order valence-corrected chi connectivity index (χ1v) is 6.73. The second kappa shape index (κ2) is 4.44. The molecule has 1 saturated carbocycles. The maximum atomic E-state index is 12.2. The maximum Gasteiger partial charge on any atom is 0.339 e. The lowest BCUT2D eigenvalue weighted by Gasteiger charge is -2.23. The molecule has 0 bridgehead atoms. The fraction of sp³-hybridized carbons (Fsp3) is 0.400. The van der Waals surface area contributed by atoms with Gasteiger partial charge < -0.3 is 4.84 Å². The number of hydrogen-bond donors (Lipinski definition) is 0. The Morgan fingerprint density at radius 1 is 1.10 bits per heavy atom. The van der Waals surface area contributed by atoms with E-state index in [0.29, 0.717) is 5.06 Å². The summed E-state index contributed by atoms with van der Waals surface area (Å²) in [4.78, 5) is 41.5. The molecule has 1 heterocycles. The van der Waals surface area contributed by atoms with E-state index in [-0.39, 0.29) is 11.1 Å². The van der Waals surface area contributed by atoms with Gasteiger partial charge in [0.15, 0.2) is 0 Å². The number of hydroxylamine groups is 2. The summed E-state index contributed by atoms with van der Waals surface area (Å²) in [5.74, 6) is -1.63. The molecule has 0 saturated heterocycles. The van der Waals surface area contributed by atoms with Gasteiger partial charge in [-0.15, -0.1) is 0 Å². The minimum absolute atomic E-state index is 0.280. The Balaban J connectivity index is 1.82. The minimum Gasteiger partial charge on any atom is -0.329 e. The van der Waals surface area contributed by atoms with Crippen LogP contribution in [0.2, 0.25) is 0 Å². The molecule has 104 valence electrons. The summed E-state index contributed by atoms with van der Waals surface area (Å²) in [6, 6.07) is 6.46. The average Bonchev–Trinajstić information content (AvgIpc) is 2.99. The van der Waals surface area contributed by atoms with Crippen molar-refractivity contribution in [2.45, 2.75) is 32.6 Å². The Morgan fingerprint density at radius 2 is 1.60 bits per heavy atom. The van der Waals surface area contributed by atoms with Crippen molar-refractivity contribution in [2.24, 2.45) is 5.41 Å². The number of rotatable bonds is 2. The van der Waals surface area contributed by atoms with Gasteiger partial charge in [0.1, 0.15) is 0 Å². The van der Waals surface area contributed by atoms with E-state index < -0.39 is 23.2 Å². The first-order chi connectivity index (χ1) is 9.53. The molecule has 1 aliphatic carbocycles. The van der Waals surface area contributed by atoms with Gasteiger partial charge in [0.05, 0.1) is 16.5 Å². The van der Waals surface area contributed by atoms with Crippen LogP contribution < -0.4 is 0 Å². The van der Waals surface area contributed by atoms with E-state index in [1.165, 1.54) is 0 Å². The van der Waals surface area contributed by atoms with E-state index >= 15 is 0 Å². The van der Waals surface area contributed by atoms with Gasteiger partial charge in [-0.1, -0.05) is 30.0 Å². The zero-order valence-corrected chi connectivity index (χ0v) is 11.2. The number of amides is 2. The molecular formula is C15H15NO4. The quantitative estimate of drug-likeness (QED) is 0.776. The van der Waals surface area contributed by atoms with Crippen LogP contribution in [0.5, 0.6) is 0 Å². The summed E-state index contributed by atoms with van der Waals surface area (Å²) in [6.07, 6.45) is 3.39. The fourth-order valence-corrected chi connectivity index (χ4v) is 2.80. The van der Waals surface area contributed by atoms with Crippen LogP contribution in [0, 0.1) is 5.41 Å². The Bertz CT molecular complexity index is 567. The van der Waals surface area contributed by atoms with Crippen LogP contribution in [-0.4, -0.2) is 22.8 Å². The zero-order chi connectivity index (χ0) is 14.3. The number of hydrogen-bond acceptors (Lipinski definition) is 4. The monoisotopic (exact) mass is 273 g/mol. The second-order valence-electron chi connectivity index (χ2n) is 5.60. The molecule has 5 heteroatoms. The normalized spacial score (nSPS) is 20.1. The summed E-state index contributed by atoms with van der Waals surface area (Å²) in [7, 11) is 0. The van der Waals surface area contributed by atoms with Crippen molar-refractivity contribution in [1.82, 2.24) is 5.06 Å². The molecule has 0 aromatic heterocycles. The molecule has 3 rings (SSSR count). The Morgan fingerprint density at radius 3 is 2.10 bits per heavy atom. The van der Waals surface area contributed by atoms with E-state index in [1.54, 1.807) is 24.3 Å². The zero-order valence-electron chi connectivity index (χ0n) is 11.2. The van der Waals surface area contributed by atoms with Gasteiger partial charge in [0.25, 0.3) is 11.8 Å². The predicted molar refractivity (Wildman–Crippen MR) is 69.6 cm³/mol. The maximum absolute atomic E-state index is 12.2. The summed E-state index contributed by atoms with van der Waals surface area (Å²) in [5, 5.41) is 0.594. The molecule has 1 aliphatic heterocycles. The van der Waals surface area contributed by atoms with Crippen molar-refractivity contribution in [2.75, 3.05) is 0 Å². The van der Waals surface area contributed by atoms with Gasteiger partial charge in [0, 0.05) is 0 Å². The van der Waals surface area contributed by atoms with Gasteiger partial charge in [-0.3, -0.25) is 9.59 Å². The third-order valence-electron chi connectivity index (χ3n) is 4.13. The van der Waals surface area contributed by atoms with Crippen LogP contribution in [-0.2, 0) is 9.63 Å². The molecule has 2 amide bonds. The van der Waals surface area contributed by atoms with E-state index in [4.69, 9.17) is 4.84 Å². The van der Waals surface area contributed by atoms with Crippen molar-refractivity contribution in [3.63, 3.8) is 0 Å². The van der Waals surface area contributed by atoms with Crippen LogP contribution in [0.4, 0.5) is 0 Å². The van der Waals surface area contributed by atoms with Crippen molar-refractivity contribution in [3.8, 4) is 0 Å². The lowest BCUT2D eigenvalue weighted by Crippen LogP contribution is -2.38. The molecule has 0 radical (unpaired) electrons. The standard InChI is InChI=1S/C15H15NO4/c1-15(8-4-5-9-15)14(19)20-16-12(17)10-6-2-3-7-11(10)13(16)18/h2-3,6-7H,4-5,8-9H2,1H3. The predicted octanol–water partition coefficient (Wildman–Crippen LogP) is 2.32. The summed E-state index contributed by atoms with van der Waals surface area (Å²) < 4.78 is 0. The van der Waals surface area contributed by atoms with Crippen molar-refractivity contribution >= 4 is 17.8 Å². The van der Waals surface area contributed by atoms with Crippen molar-refractivity contribution in [3.05, 3.63) is 35.4 Å². The molecule has 20 heavy (non-hydrogen) atoms. The van der Waals surface area contributed by atoms with Gasteiger partial charge in [-0.25, -0.2) is 4.79 Å². The highest BCUT2D eigenvalue weighted by molar-refractivity contribution is 6.20. The van der Waals surface area contributed by atoms with Gasteiger partial charge in [-0.05, 0) is 31.9 Å². The molecule has 2 aliphatic rings. The second-order valence-corrected chi connectivity index (χ2v) is 5.60. The first-order valence-electron chi connectivity index (χ1n) is 6.73. The van der Waals surface area contributed by atoms with Gasteiger partial charge >= 0.3 is 5.97 Å². The molecule has 0 N–H and O–H groups in total. The SMILES string of the molecule is CC1(C(=O)ON2C(=O)c3ccccc3C2=O)CCCC1. The highest BCUT2D eigenvalue weighted by Gasteiger charge is 2.44. The molecule has 0 spiro atoms. The molecular weight excluding hydrogens is 258 g/mol. The number of fused-ring (bicyclic) bond motifs is 1. The molecule has 5 nitrogen and oxygen atoms in total. The van der Waals surface area contributed by atoms with Crippen molar-refractivity contribution < 1.29 is 19.2 Å². The topological polar surface area (TPSA) is 63.7 Å². The van der Waals surface area contributed by atoms with Crippen LogP contribution in [0.25, 0.3) is 0 Å². The number of benzene rings is 1. The Kier molecular flexibility index (Phi) is 2.85. The Labute approximate surface area is 116 Å². The van der Waals surface area contributed by atoms with E-state index in [0.717, 1.165) is 25.7 Å². The van der Waals surface area contributed by atoms with E-state index in [2.05, 4.69) is 0 Å². The smallest absolute Gasteiger partial charge is 0.329 e. The third-order valence-corrected chi connectivity index (χ3v) is 4.13. The van der Waals surface area contributed by atoms with E-state index in [1.807, 2.05) is 6.92 Å². The average molecular weight is 273 g/mol. The number of carbonyl (C=O) groups is 3. The van der Waals surface area contributed by atoms with Crippen molar-refractivity contribution in [1.29, 1.82) is 0 Å². The van der Waals surface area contributed by atoms with E-state index in [9.17, 15) is 14.4 Å². The Hall–Kier alpha value is -2.17. The summed E-state index contributed by atoms with van der Waals surface area (Å²) >= 11 is 0. The molecule has 1 aromatic rings. The fourth-order valence-electron chi connectivity index (χ4n) is 2.80. The molecule has 0 atom stereocenters. The number of nitrogens with zero attached hydrogens (tertiary/aromatic N) is 1. The largest absolute Gasteiger partial charge is 0.339 e. The summed E-state index contributed by atoms with van der Waals surface area (Å²) in [5.41, 5.74) is -0.0289. The first kappa shape index (κ1) is 12.8. The lowest BCUT2D eigenvalue weighted by molar-refractivity contribution is -0.180. The lowest BCUT2D eigenvalue weighted by atomic mass is 9.89. The summed E-state index contributed by atoms with van der Waals surface area (Å²) in [6.45, 7) is 1.82. The molecule has 1 aromatic carbocycles. The highest BCUT2D eigenvalue weighted by atomic mass is 16.7. The third kappa shape index (κ3) is 1.81.